The lowest BCUT2D eigenvalue weighted by Gasteiger charge is -2.42. The molecule has 2 aliphatic heterocycles. The average molecular weight is 579 g/mol. The van der Waals surface area contributed by atoms with Gasteiger partial charge in [0.2, 0.25) is 0 Å². The number of rotatable bonds is 5. The summed E-state index contributed by atoms with van der Waals surface area (Å²) < 4.78 is 12.8. The van der Waals surface area contributed by atoms with Gasteiger partial charge in [-0.15, -0.1) is 11.3 Å². The molecule has 212 valence electrons. The number of piperazine rings is 1. The number of nitrogens with zero attached hydrogens (tertiary/aromatic N) is 6. The van der Waals surface area contributed by atoms with Crippen LogP contribution in [0.3, 0.4) is 0 Å². The van der Waals surface area contributed by atoms with Crippen molar-refractivity contribution in [3.63, 3.8) is 0 Å². The van der Waals surface area contributed by atoms with E-state index >= 15 is 0 Å². The largest absolute Gasteiger partial charge is 0.445 e. The number of carbonyl (C=O) groups is 3. The highest BCUT2D eigenvalue weighted by molar-refractivity contribution is 7.20. The molecule has 0 N–H and O–H groups in total. The van der Waals surface area contributed by atoms with Gasteiger partial charge in [-0.25, -0.2) is 9.59 Å². The molecule has 3 amide bonds. The van der Waals surface area contributed by atoms with Crippen molar-refractivity contribution < 1.29 is 23.9 Å². The molecule has 0 aromatic carbocycles. The standard InChI is InChI=1S/C26H35ClN6O5S/c1-6-13-38-25(36)32-10-9-31(24(35)30-11-14-37-15-12-30)17-19(32)18-16-21(29(5)22-8-7-20(27)39-22)33(28-18)23(34)26(2,3)4/h6-8,16,19H,1,9-15,17H2,2-5H3. The van der Waals surface area contributed by atoms with Gasteiger partial charge in [0.05, 0.1) is 34.3 Å². The zero-order valence-corrected chi connectivity index (χ0v) is 24.3. The molecular weight excluding hydrogens is 544 g/mol. The van der Waals surface area contributed by atoms with Crippen molar-refractivity contribution in [2.45, 2.75) is 26.8 Å². The van der Waals surface area contributed by atoms with E-state index in [1.807, 2.05) is 38.8 Å². The summed E-state index contributed by atoms with van der Waals surface area (Å²) in [6.45, 7) is 12.0. The van der Waals surface area contributed by atoms with Crippen LogP contribution in [-0.4, -0.2) is 102 Å². The summed E-state index contributed by atoms with van der Waals surface area (Å²) in [4.78, 5) is 46.8. The fourth-order valence-corrected chi connectivity index (χ4v) is 5.45. The van der Waals surface area contributed by atoms with Crippen LogP contribution < -0.4 is 4.90 Å². The van der Waals surface area contributed by atoms with Crippen molar-refractivity contribution >= 4 is 51.8 Å². The zero-order chi connectivity index (χ0) is 28.3. The molecule has 11 nitrogen and oxygen atoms in total. The van der Waals surface area contributed by atoms with Crippen LogP contribution in [0.5, 0.6) is 0 Å². The van der Waals surface area contributed by atoms with Crippen LogP contribution in [0, 0.1) is 5.41 Å². The molecule has 0 bridgehead atoms. The molecule has 39 heavy (non-hydrogen) atoms. The number of thiophene rings is 1. The summed E-state index contributed by atoms with van der Waals surface area (Å²) in [7, 11) is 1.83. The van der Waals surface area contributed by atoms with Crippen molar-refractivity contribution in [3.8, 4) is 0 Å². The van der Waals surface area contributed by atoms with E-state index < -0.39 is 17.6 Å². The van der Waals surface area contributed by atoms with Crippen LogP contribution in [0.15, 0.2) is 30.9 Å². The van der Waals surface area contributed by atoms with Gasteiger partial charge in [-0.3, -0.25) is 9.69 Å². The highest BCUT2D eigenvalue weighted by Crippen LogP contribution is 2.36. The van der Waals surface area contributed by atoms with Gasteiger partial charge in [-0.05, 0) is 12.1 Å². The molecule has 2 fully saturated rings. The summed E-state index contributed by atoms with van der Waals surface area (Å²) in [5.41, 5.74) is -0.244. The van der Waals surface area contributed by atoms with Gasteiger partial charge in [-0.1, -0.05) is 45.0 Å². The van der Waals surface area contributed by atoms with Crippen molar-refractivity contribution in [1.29, 1.82) is 0 Å². The number of hydrogen-bond acceptors (Lipinski definition) is 8. The molecule has 0 radical (unpaired) electrons. The first-order valence-corrected chi connectivity index (χ1v) is 14.0. The lowest BCUT2D eigenvalue weighted by atomic mass is 9.96. The highest BCUT2D eigenvalue weighted by Gasteiger charge is 2.39. The Labute approximate surface area is 237 Å². The van der Waals surface area contributed by atoms with Crippen LogP contribution >= 0.6 is 22.9 Å². The number of carbonyl (C=O) groups excluding carboxylic acids is 3. The summed E-state index contributed by atoms with van der Waals surface area (Å²) in [6.07, 6.45) is 0.969. The smallest absolute Gasteiger partial charge is 0.410 e. The minimum atomic E-state index is -0.723. The molecule has 0 aliphatic carbocycles. The van der Waals surface area contributed by atoms with E-state index in [1.165, 1.54) is 22.1 Å². The minimum absolute atomic E-state index is 0.0581. The Balaban J connectivity index is 1.72. The minimum Gasteiger partial charge on any atom is -0.445 e. The van der Waals surface area contributed by atoms with E-state index in [2.05, 4.69) is 6.58 Å². The number of morpholine rings is 1. The molecule has 4 rings (SSSR count). The predicted molar refractivity (Wildman–Crippen MR) is 150 cm³/mol. The van der Waals surface area contributed by atoms with Crippen LogP contribution in [0.4, 0.5) is 20.4 Å². The topological polar surface area (TPSA) is 100 Å². The van der Waals surface area contributed by atoms with E-state index in [9.17, 15) is 14.4 Å². The predicted octanol–water partition coefficient (Wildman–Crippen LogP) is 4.49. The van der Waals surface area contributed by atoms with Gasteiger partial charge in [0.15, 0.2) is 0 Å². The van der Waals surface area contributed by atoms with Crippen molar-refractivity contribution in [2.75, 3.05) is 64.5 Å². The molecule has 2 saturated heterocycles. The van der Waals surface area contributed by atoms with Crippen molar-refractivity contribution in [3.05, 3.63) is 40.9 Å². The van der Waals surface area contributed by atoms with Crippen LogP contribution in [0.25, 0.3) is 0 Å². The SMILES string of the molecule is C=CCOC(=O)N1CCN(C(=O)N2CCOCC2)CC1c1cc(N(C)c2ccc(Cl)s2)n(C(=O)C(C)(C)C)n1. The van der Waals surface area contributed by atoms with Gasteiger partial charge >= 0.3 is 12.1 Å². The van der Waals surface area contributed by atoms with E-state index in [0.29, 0.717) is 48.7 Å². The fourth-order valence-electron chi connectivity index (χ4n) is 4.45. The number of aromatic nitrogens is 2. The van der Waals surface area contributed by atoms with Crippen molar-refractivity contribution in [2.24, 2.45) is 5.41 Å². The maximum atomic E-state index is 13.5. The van der Waals surface area contributed by atoms with Gasteiger partial charge in [0.1, 0.15) is 12.4 Å². The molecule has 2 aliphatic rings. The van der Waals surface area contributed by atoms with Crippen LogP contribution in [0.1, 0.15) is 37.3 Å². The molecule has 13 heteroatoms. The zero-order valence-electron chi connectivity index (χ0n) is 22.8. The van der Waals surface area contributed by atoms with Crippen LogP contribution in [0.2, 0.25) is 4.34 Å². The molecule has 1 unspecified atom stereocenters. The van der Waals surface area contributed by atoms with Gasteiger partial charge in [0, 0.05) is 51.3 Å². The third-order valence-electron chi connectivity index (χ3n) is 6.61. The second-order valence-corrected chi connectivity index (χ2v) is 12.1. The second-order valence-electron chi connectivity index (χ2n) is 10.4. The van der Waals surface area contributed by atoms with E-state index in [1.54, 1.807) is 26.8 Å². The van der Waals surface area contributed by atoms with E-state index in [-0.39, 0.29) is 31.6 Å². The van der Waals surface area contributed by atoms with E-state index in [0.717, 1.165) is 5.00 Å². The Morgan fingerprint density at radius 3 is 2.54 bits per heavy atom. The molecule has 1 atom stereocenters. The normalized spacial score (nSPS) is 18.2. The monoisotopic (exact) mass is 578 g/mol. The Bertz CT molecular complexity index is 1220. The van der Waals surface area contributed by atoms with Crippen molar-refractivity contribution in [1.82, 2.24) is 24.5 Å². The molecule has 4 heterocycles. The number of hydrogen-bond donors (Lipinski definition) is 0. The maximum absolute atomic E-state index is 13.5. The number of ether oxygens (including phenoxy) is 2. The van der Waals surface area contributed by atoms with E-state index in [4.69, 9.17) is 26.2 Å². The second kappa shape index (κ2) is 12.0. The Morgan fingerprint density at radius 1 is 1.21 bits per heavy atom. The molecular formula is C26H35ClN6O5S. The number of urea groups is 1. The molecule has 2 aromatic rings. The highest BCUT2D eigenvalue weighted by atomic mass is 35.5. The lowest BCUT2D eigenvalue weighted by Crippen LogP contribution is -2.56. The molecule has 0 spiro atoms. The molecule has 0 saturated carbocycles. The van der Waals surface area contributed by atoms with Gasteiger partial charge in [0.25, 0.3) is 5.91 Å². The van der Waals surface area contributed by atoms with Crippen LogP contribution in [-0.2, 0) is 9.47 Å². The fraction of sp³-hybridized carbons (Fsp3) is 0.538. The first-order valence-electron chi connectivity index (χ1n) is 12.8. The first kappa shape index (κ1) is 28.9. The number of anilines is 2. The third kappa shape index (κ3) is 6.39. The molecule has 2 aromatic heterocycles. The summed E-state index contributed by atoms with van der Waals surface area (Å²) >= 11 is 7.56. The lowest BCUT2D eigenvalue weighted by molar-refractivity contribution is 0.0264. The summed E-state index contributed by atoms with van der Waals surface area (Å²) in [6, 6.07) is 4.71. The summed E-state index contributed by atoms with van der Waals surface area (Å²) in [5.74, 6) is 0.315. The first-order chi connectivity index (χ1) is 18.5. The maximum Gasteiger partial charge on any atom is 0.410 e. The average Bonchev–Trinajstić information content (AvgIpc) is 3.57. The van der Waals surface area contributed by atoms with Gasteiger partial charge < -0.3 is 24.2 Å². The Hall–Kier alpha value is -3.09. The third-order valence-corrected chi connectivity index (χ3v) is 7.92. The number of amides is 3. The Kier molecular flexibility index (Phi) is 8.87. The summed E-state index contributed by atoms with van der Waals surface area (Å²) in [5, 5.41) is 5.55. The quantitative estimate of drug-likeness (QED) is 0.482. The van der Waals surface area contributed by atoms with Gasteiger partial charge in [-0.2, -0.15) is 9.78 Å². The Morgan fingerprint density at radius 2 is 1.92 bits per heavy atom. The number of halogens is 1.